The second kappa shape index (κ2) is 8.06. The number of rotatable bonds is 6. The monoisotopic (exact) mass is 374 g/mol. The Kier molecular flexibility index (Phi) is 5.16. The fourth-order valence-electron chi connectivity index (χ4n) is 3.09. The number of hydrogen-bond acceptors (Lipinski definition) is 6. The minimum atomic E-state index is 0.431. The second-order valence-electron chi connectivity index (χ2n) is 6.40. The largest absolute Gasteiger partial charge is 0.378 e. The molecule has 7 heteroatoms. The molecule has 0 radical (unpaired) electrons. The maximum Gasteiger partial charge on any atom is 0.160 e. The Balaban J connectivity index is 1.60. The first-order valence-corrected chi connectivity index (χ1v) is 9.17. The van der Waals surface area contributed by atoms with Crippen molar-refractivity contribution in [3.63, 3.8) is 0 Å². The first kappa shape index (κ1) is 17.9. The summed E-state index contributed by atoms with van der Waals surface area (Å²) in [6, 6.07) is 13.5. The van der Waals surface area contributed by atoms with E-state index in [1.807, 2.05) is 47.0 Å². The topological polar surface area (TPSA) is 78.5 Å². The van der Waals surface area contributed by atoms with E-state index in [4.69, 9.17) is 10.1 Å². The van der Waals surface area contributed by atoms with E-state index in [0.29, 0.717) is 24.7 Å². The van der Waals surface area contributed by atoms with Gasteiger partial charge >= 0.3 is 0 Å². The molecule has 4 rings (SSSR count). The number of aromatic nitrogens is 3. The van der Waals surface area contributed by atoms with Gasteiger partial charge in [0.25, 0.3) is 0 Å². The van der Waals surface area contributed by atoms with Gasteiger partial charge in [0.05, 0.1) is 24.6 Å². The van der Waals surface area contributed by atoms with Crippen LogP contribution in [0.5, 0.6) is 0 Å². The van der Waals surface area contributed by atoms with E-state index < -0.39 is 0 Å². The number of fused-ring (bicyclic) bond motifs is 1. The van der Waals surface area contributed by atoms with Crippen LogP contribution in [-0.2, 0) is 4.74 Å². The normalized spacial score (nSPS) is 14.5. The number of ether oxygens (including phenoxy) is 1. The van der Waals surface area contributed by atoms with Crippen molar-refractivity contribution in [3.05, 3.63) is 72.6 Å². The van der Waals surface area contributed by atoms with Gasteiger partial charge in [-0.1, -0.05) is 36.9 Å². The molecular weight excluding hydrogens is 352 g/mol. The van der Waals surface area contributed by atoms with Crippen LogP contribution in [0.3, 0.4) is 0 Å². The molecule has 3 aromatic rings. The highest BCUT2D eigenvalue weighted by Gasteiger charge is 2.17. The minimum absolute atomic E-state index is 0.431. The third-order valence-electron chi connectivity index (χ3n) is 4.54. The van der Waals surface area contributed by atoms with E-state index in [9.17, 15) is 0 Å². The Morgan fingerprint density at radius 2 is 1.96 bits per heavy atom. The van der Waals surface area contributed by atoms with Crippen molar-refractivity contribution < 1.29 is 4.74 Å². The number of nitrogens with one attached hydrogen (secondary N) is 2. The number of allylic oxidation sites excluding steroid dienone is 1. The van der Waals surface area contributed by atoms with Crippen LogP contribution in [0.2, 0.25) is 0 Å². The molecule has 7 nitrogen and oxygen atoms in total. The Bertz CT molecular complexity index is 1020. The van der Waals surface area contributed by atoms with Gasteiger partial charge in [0.15, 0.2) is 5.65 Å². The number of benzene rings is 1. The van der Waals surface area contributed by atoms with Crippen LogP contribution in [0.4, 0.5) is 11.6 Å². The molecule has 0 amide bonds. The number of nitrogens with zero attached hydrogens (tertiary/aromatic N) is 4. The minimum Gasteiger partial charge on any atom is -0.378 e. The molecule has 2 aromatic heterocycles. The molecule has 1 saturated heterocycles. The van der Waals surface area contributed by atoms with Crippen molar-refractivity contribution in [1.82, 2.24) is 14.6 Å². The quantitative estimate of drug-likeness (QED) is 0.648. The highest BCUT2D eigenvalue weighted by atomic mass is 16.5. The van der Waals surface area contributed by atoms with Crippen LogP contribution >= 0.6 is 0 Å². The van der Waals surface area contributed by atoms with Crippen LogP contribution in [-0.4, -0.2) is 46.6 Å². The van der Waals surface area contributed by atoms with Gasteiger partial charge in [-0.2, -0.15) is 9.61 Å². The van der Waals surface area contributed by atoms with Crippen molar-refractivity contribution in [2.75, 3.05) is 36.5 Å². The first-order valence-electron chi connectivity index (χ1n) is 9.17. The van der Waals surface area contributed by atoms with E-state index in [1.165, 1.54) is 0 Å². The zero-order valence-corrected chi connectivity index (χ0v) is 15.5. The molecule has 2 N–H and O–H groups in total. The molecule has 1 aromatic carbocycles. The van der Waals surface area contributed by atoms with Gasteiger partial charge in [-0.05, 0) is 17.7 Å². The highest BCUT2D eigenvalue weighted by molar-refractivity contribution is 6.06. The van der Waals surface area contributed by atoms with E-state index in [0.717, 1.165) is 35.8 Å². The van der Waals surface area contributed by atoms with E-state index in [-0.39, 0.29) is 0 Å². The molecule has 0 unspecified atom stereocenters. The van der Waals surface area contributed by atoms with Crippen LogP contribution in [0.25, 0.3) is 11.7 Å². The summed E-state index contributed by atoms with van der Waals surface area (Å²) in [6.07, 6.45) is 5.18. The summed E-state index contributed by atoms with van der Waals surface area (Å²) in [5.41, 5.74) is 2.82. The van der Waals surface area contributed by atoms with Gasteiger partial charge in [-0.3, -0.25) is 0 Å². The predicted octanol–water partition coefficient (Wildman–Crippen LogP) is 3.20. The number of anilines is 2. The Hall–Kier alpha value is -3.45. The van der Waals surface area contributed by atoms with Gasteiger partial charge in [-0.25, -0.2) is 4.98 Å². The Morgan fingerprint density at radius 3 is 2.71 bits per heavy atom. The number of morpholine rings is 1. The summed E-state index contributed by atoms with van der Waals surface area (Å²) in [4.78, 5) is 6.87. The fourth-order valence-corrected chi connectivity index (χ4v) is 3.09. The van der Waals surface area contributed by atoms with Gasteiger partial charge in [0.1, 0.15) is 11.6 Å². The molecule has 0 saturated carbocycles. The lowest BCUT2D eigenvalue weighted by atomic mass is 10.1. The smallest absolute Gasteiger partial charge is 0.160 e. The average molecular weight is 374 g/mol. The van der Waals surface area contributed by atoms with Gasteiger partial charge in [0.2, 0.25) is 0 Å². The molecule has 0 spiro atoms. The second-order valence-corrected chi connectivity index (χ2v) is 6.40. The van der Waals surface area contributed by atoms with E-state index in [2.05, 4.69) is 26.9 Å². The lowest BCUT2D eigenvalue weighted by molar-refractivity contribution is 0.122. The third-order valence-corrected chi connectivity index (χ3v) is 4.54. The lowest BCUT2D eigenvalue weighted by Crippen LogP contribution is -2.37. The van der Waals surface area contributed by atoms with Gasteiger partial charge in [0, 0.05) is 31.4 Å². The summed E-state index contributed by atoms with van der Waals surface area (Å²) >= 11 is 0. The molecule has 1 aliphatic heterocycles. The molecule has 3 heterocycles. The van der Waals surface area contributed by atoms with E-state index in [1.54, 1.807) is 18.4 Å². The first-order chi connectivity index (χ1) is 13.7. The van der Waals surface area contributed by atoms with Crippen molar-refractivity contribution >= 4 is 29.1 Å². The lowest BCUT2D eigenvalue weighted by Gasteiger charge is -2.29. The third kappa shape index (κ3) is 3.79. The molecule has 142 valence electrons. The summed E-state index contributed by atoms with van der Waals surface area (Å²) in [7, 11) is 0. The predicted molar refractivity (Wildman–Crippen MR) is 112 cm³/mol. The molecule has 0 atom stereocenters. The Labute approximate surface area is 163 Å². The fraction of sp³-hybridized carbons (Fsp3) is 0.190. The van der Waals surface area contributed by atoms with Crippen LogP contribution < -0.4 is 10.2 Å². The molecule has 1 fully saturated rings. The molecular formula is C21H22N6O. The molecule has 0 aliphatic carbocycles. The summed E-state index contributed by atoms with van der Waals surface area (Å²) in [5.74, 6) is 1.65. The maximum absolute atomic E-state index is 8.16. The molecule has 1 aliphatic rings. The SMILES string of the molecule is C=Cc1cc2nc(N/C=C\C(=N)c3ccccc3)cc(N3CCOCC3)n2n1. The van der Waals surface area contributed by atoms with Gasteiger partial charge in [-0.15, -0.1) is 0 Å². The summed E-state index contributed by atoms with van der Waals surface area (Å²) in [6.45, 7) is 6.79. The zero-order chi connectivity index (χ0) is 19.3. The van der Waals surface area contributed by atoms with Crippen molar-refractivity contribution in [3.8, 4) is 0 Å². The van der Waals surface area contributed by atoms with Crippen LogP contribution in [0.15, 0.2) is 61.3 Å². The standard InChI is InChI=1S/C21H22N6O/c1-2-17-14-20-24-19(23-9-8-18(22)16-6-4-3-5-7-16)15-21(27(20)25-17)26-10-12-28-13-11-26/h2-9,14-15,22H,1,10-13H2,(H,23,24)/b9-8-,22-18?. The van der Waals surface area contributed by atoms with Crippen molar-refractivity contribution in [1.29, 1.82) is 5.41 Å². The highest BCUT2D eigenvalue weighted by Crippen LogP contribution is 2.22. The van der Waals surface area contributed by atoms with Crippen LogP contribution in [0.1, 0.15) is 11.3 Å². The van der Waals surface area contributed by atoms with Gasteiger partial charge < -0.3 is 20.4 Å². The average Bonchev–Trinajstić information content (AvgIpc) is 3.17. The number of hydrogen-bond donors (Lipinski definition) is 2. The maximum atomic E-state index is 8.16. The van der Waals surface area contributed by atoms with E-state index >= 15 is 0 Å². The summed E-state index contributed by atoms with van der Waals surface area (Å²) in [5, 5.41) is 15.9. The Morgan fingerprint density at radius 1 is 1.18 bits per heavy atom. The summed E-state index contributed by atoms with van der Waals surface area (Å²) < 4.78 is 7.31. The van der Waals surface area contributed by atoms with Crippen molar-refractivity contribution in [2.45, 2.75) is 0 Å². The molecule has 0 bridgehead atoms. The van der Waals surface area contributed by atoms with Crippen molar-refractivity contribution in [2.24, 2.45) is 0 Å². The molecule has 28 heavy (non-hydrogen) atoms. The van der Waals surface area contributed by atoms with Crippen LogP contribution in [0, 0.1) is 5.41 Å². The zero-order valence-electron chi connectivity index (χ0n) is 15.5.